The van der Waals surface area contributed by atoms with Crippen LogP contribution in [-0.2, 0) is 22.6 Å². The van der Waals surface area contributed by atoms with E-state index in [1.807, 2.05) is 74.5 Å². The molecule has 0 bridgehead atoms. The van der Waals surface area contributed by atoms with E-state index in [-0.39, 0.29) is 12.5 Å². The van der Waals surface area contributed by atoms with Crippen molar-refractivity contribution in [1.82, 2.24) is 10.6 Å². The van der Waals surface area contributed by atoms with Crippen LogP contribution in [0.1, 0.15) is 31.4 Å². The quantitative estimate of drug-likeness (QED) is 0.633. The standard InChI is InChI=1S/C23H29FN2O3/c1-17(2)13-21(26-23(28)29-16-19-11-7-4-8-12-19)22(27)25-20(15-24)14-18-9-5-3-6-10-18/h3-12,17,20-21H,13-16H2,1-2H3,(H,25,27)(H,26,28)/t20-,21-/m0/s1. The average molecular weight is 400 g/mol. The lowest BCUT2D eigenvalue weighted by Gasteiger charge is -2.23. The molecule has 2 aromatic rings. The molecule has 0 unspecified atom stereocenters. The van der Waals surface area contributed by atoms with Crippen molar-refractivity contribution in [1.29, 1.82) is 0 Å². The van der Waals surface area contributed by atoms with E-state index >= 15 is 0 Å². The molecule has 5 nitrogen and oxygen atoms in total. The van der Waals surface area contributed by atoms with E-state index in [1.54, 1.807) is 0 Å². The Bertz CT molecular complexity index is 753. The largest absolute Gasteiger partial charge is 0.445 e. The molecule has 0 saturated heterocycles. The third-order valence-electron chi connectivity index (χ3n) is 4.39. The van der Waals surface area contributed by atoms with Crippen molar-refractivity contribution in [2.24, 2.45) is 5.92 Å². The first-order chi connectivity index (χ1) is 14.0. The van der Waals surface area contributed by atoms with Crippen molar-refractivity contribution in [2.75, 3.05) is 6.67 Å². The van der Waals surface area contributed by atoms with Crippen LogP contribution in [0.4, 0.5) is 9.18 Å². The van der Waals surface area contributed by atoms with Crippen molar-refractivity contribution >= 4 is 12.0 Å². The molecule has 29 heavy (non-hydrogen) atoms. The molecule has 0 radical (unpaired) electrons. The molecule has 2 rings (SSSR count). The van der Waals surface area contributed by atoms with Gasteiger partial charge in [-0.2, -0.15) is 0 Å². The van der Waals surface area contributed by atoms with E-state index in [0.717, 1.165) is 11.1 Å². The van der Waals surface area contributed by atoms with Crippen molar-refractivity contribution in [3.8, 4) is 0 Å². The van der Waals surface area contributed by atoms with Crippen LogP contribution in [0.5, 0.6) is 0 Å². The zero-order chi connectivity index (χ0) is 21.1. The smallest absolute Gasteiger partial charge is 0.408 e. The van der Waals surface area contributed by atoms with E-state index in [0.29, 0.717) is 12.8 Å². The summed E-state index contributed by atoms with van der Waals surface area (Å²) in [5.74, 6) is -0.243. The topological polar surface area (TPSA) is 67.4 Å². The number of alkyl halides is 1. The Morgan fingerprint density at radius 2 is 1.52 bits per heavy atom. The highest BCUT2D eigenvalue weighted by Gasteiger charge is 2.25. The molecule has 0 spiro atoms. The van der Waals surface area contributed by atoms with E-state index in [1.165, 1.54) is 0 Å². The predicted octanol–water partition coefficient (Wildman–Crippen LogP) is 4.02. The molecule has 0 aliphatic heterocycles. The van der Waals surface area contributed by atoms with Gasteiger partial charge in [0.2, 0.25) is 5.91 Å². The van der Waals surface area contributed by atoms with Gasteiger partial charge in [0.05, 0.1) is 6.04 Å². The highest BCUT2D eigenvalue weighted by molar-refractivity contribution is 5.85. The van der Waals surface area contributed by atoms with Crippen LogP contribution >= 0.6 is 0 Å². The predicted molar refractivity (Wildman–Crippen MR) is 111 cm³/mol. The Morgan fingerprint density at radius 1 is 0.931 bits per heavy atom. The molecule has 0 aromatic heterocycles. The van der Waals surface area contributed by atoms with Gasteiger partial charge in [-0.3, -0.25) is 4.79 Å². The summed E-state index contributed by atoms with van der Waals surface area (Å²) in [7, 11) is 0. The maximum atomic E-state index is 13.5. The third-order valence-corrected chi connectivity index (χ3v) is 4.39. The monoisotopic (exact) mass is 400 g/mol. The van der Waals surface area contributed by atoms with Crippen LogP contribution in [0.15, 0.2) is 60.7 Å². The van der Waals surface area contributed by atoms with Gasteiger partial charge in [-0.15, -0.1) is 0 Å². The second kappa shape index (κ2) is 11.8. The van der Waals surface area contributed by atoms with Crippen molar-refractivity contribution in [3.05, 3.63) is 71.8 Å². The summed E-state index contributed by atoms with van der Waals surface area (Å²) < 4.78 is 18.7. The fourth-order valence-corrected chi connectivity index (χ4v) is 2.95. The molecule has 2 amide bonds. The summed E-state index contributed by atoms with van der Waals surface area (Å²) in [6.45, 7) is 3.33. The van der Waals surface area contributed by atoms with Crippen LogP contribution in [0, 0.1) is 5.92 Å². The normalized spacial score (nSPS) is 12.8. The van der Waals surface area contributed by atoms with Gasteiger partial charge in [0.15, 0.2) is 0 Å². The molecular formula is C23H29FN2O3. The lowest BCUT2D eigenvalue weighted by Crippen LogP contribution is -2.51. The van der Waals surface area contributed by atoms with E-state index in [2.05, 4.69) is 10.6 Å². The van der Waals surface area contributed by atoms with E-state index in [4.69, 9.17) is 4.74 Å². The molecule has 0 saturated carbocycles. The highest BCUT2D eigenvalue weighted by Crippen LogP contribution is 2.09. The van der Waals surface area contributed by atoms with Gasteiger partial charge in [0.25, 0.3) is 0 Å². The summed E-state index contributed by atoms with van der Waals surface area (Å²) in [5.41, 5.74) is 1.79. The van der Waals surface area contributed by atoms with Crippen LogP contribution in [0.3, 0.4) is 0 Å². The first-order valence-corrected chi connectivity index (χ1v) is 9.85. The number of carbonyl (C=O) groups excluding carboxylic acids is 2. The van der Waals surface area contributed by atoms with Gasteiger partial charge in [-0.1, -0.05) is 74.5 Å². The van der Waals surface area contributed by atoms with Gasteiger partial charge < -0.3 is 15.4 Å². The number of hydrogen-bond donors (Lipinski definition) is 2. The first kappa shape index (κ1) is 22.4. The maximum Gasteiger partial charge on any atom is 0.408 e. The number of halogens is 1. The minimum atomic E-state index is -0.789. The number of rotatable bonds is 10. The summed E-state index contributed by atoms with van der Waals surface area (Å²) in [6.07, 6.45) is 0.140. The van der Waals surface area contributed by atoms with E-state index in [9.17, 15) is 14.0 Å². The number of hydrogen-bond acceptors (Lipinski definition) is 3. The zero-order valence-electron chi connectivity index (χ0n) is 16.9. The molecule has 2 aromatic carbocycles. The van der Waals surface area contributed by atoms with Gasteiger partial charge in [-0.25, -0.2) is 9.18 Å². The molecule has 0 aliphatic carbocycles. The molecular weight excluding hydrogens is 371 g/mol. The maximum absolute atomic E-state index is 13.5. The second-order valence-corrected chi connectivity index (χ2v) is 7.44. The first-order valence-electron chi connectivity index (χ1n) is 9.85. The van der Waals surface area contributed by atoms with Crippen LogP contribution in [-0.4, -0.2) is 30.8 Å². The summed E-state index contributed by atoms with van der Waals surface area (Å²) in [4.78, 5) is 24.9. The number of nitrogens with one attached hydrogen (secondary N) is 2. The van der Waals surface area contributed by atoms with Gasteiger partial charge >= 0.3 is 6.09 Å². The Balaban J connectivity index is 1.92. The lowest BCUT2D eigenvalue weighted by atomic mass is 10.0. The Kier molecular flexibility index (Phi) is 9.15. The van der Waals surface area contributed by atoms with E-state index < -0.39 is 30.8 Å². The molecule has 0 aliphatic rings. The molecule has 2 N–H and O–H groups in total. The average Bonchev–Trinajstić information content (AvgIpc) is 2.72. The summed E-state index contributed by atoms with van der Waals surface area (Å²) in [5, 5.41) is 5.33. The van der Waals surface area contributed by atoms with Crippen molar-refractivity contribution in [3.63, 3.8) is 0 Å². The Hall–Kier alpha value is -2.89. The van der Waals surface area contributed by atoms with Gasteiger partial charge in [-0.05, 0) is 29.9 Å². The number of alkyl carbamates (subject to hydrolysis) is 1. The molecule has 156 valence electrons. The van der Waals surface area contributed by atoms with Gasteiger partial charge in [0.1, 0.15) is 19.3 Å². The zero-order valence-corrected chi connectivity index (χ0v) is 16.9. The number of benzene rings is 2. The molecule has 6 heteroatoms. The highest BCUT2D eigenvalue weighted by atomic mass is 19.1. The molecule has 0 fully saturated rings. The SMILES string of the molecule is CC(C)C[C@H](NC(=O)OCc1ccccc1)C(=O)N[C@H](CF)Cc1ccccc1. The Morgan fingerprint density at radius 3 is 2.07 bits per heavy atom. The van der Waals surface area contributed by atoms with Crippen molar-refractivity contribution < 1.29 is 18.7 Å². The number of carbonyl (C=O) groups is 2. The Labute approximate surface area is 171 Å². The second-order valence-electron chi connectivity index (χ2n) is 7.44. The summed E-state index contributed by atoms with van der Waals surface area (Å²) in [6, 6.07) is 17.3. The lowest BCUT2D eigenvalue weighted by molar-refractivity contribution is -0.124. The van der Waals surface area contributed by atoms with Crippen molar-refractivity contribution in [2.45, 2.75) is 45.4 Å². The fraction of sp³-hybridized carbons (Fsp3) is 0.391. The van der Waals surface area contributed by atoms with Gasteiger partial charge in [0, 0.05) is 0 Å². The fourth-order valence-electron chi connectivity index (χ4n) is 2.95. The molecule has 0 heterocycles. The minimum Gasteiger partial charge on any atom is -0.445 e. The van der Waals surface area contributed by atoms with Crippen LogP contribution in [0.2, 0.25) is 0 Å². The summed E-state index contributed by atoms with van der Waals surface area (Å²) >= 11 is 0. The van der Waals surface area contributed by atoms with Crippen LogP contribution in [0.25, 0.3) is 0 Å². The molecule has 2 atom stereocenters. The van der Waals surface area contributed by atoms with Crippen LogP contribution < -0.4 is 10.6 Å². The number of amides is 2. The number of ether oxygens (including phenoxy) is 1. The third kappa shape index (κ3) is 8.34. The minimum absolute atomic E-state index is 0.115.